The summed E-state index contributed by atoms with van der Waals surface area (Å²) < 4.78 is 29.1. The molecule has 0 saturated carbocycles. The maximum Gasteiger partial charge on any atom is 0.302 e. The molecule has 100 valence electrons. The van der Waals surface area contributed by atoms with Crippen molar-refractivity contribution in [1.82, 2.24) is 0 Å². The number of hydrogen-bond acceptors (Lipinski definition) is 3. The standard InChI is InChI=1S/C12H21FO3S/c1-3-4-5-6-7-10-17(15)12(13)8-9-16-11(2)14/h8H,3-7,9-10H2,1-2H3. The zero-order valence-corrected chi connectivity index (χ0v) is 11.4. The van der Waals surface area contributed by atoms with Crippen LogP contribution in [0.5, 0.6) is 0 Å². The van der Waals surface area contributed by atoms with Crippen LogP contribution in [0.25, 0.3) is 0 Å². The Hall–Kier alpha value is -0.550. The first-order valence-corrected chi connectivity index (χ1v) is 7.27. The molecule has 0 N–H and O–H groups in total. The molecular weight excluding hydrogens is 243 g/mol. The SMILES string of the molecule is CCCCCCC[S+]([O-])C(F)=CCOC(C)=O. The smallest absolute Gasteiger partial charge is 0.302 e. The van der Waals surface area contributed by atoms with Gasteiger partial charge in [-0.05, 0) is 12.8 Å². The molecule has 17 heavy (non-hydrogen) atoms. The molecule has 0 amide bonds. The lowest BCUT2D eigenvalue weighted by Gasteiger charge is -2.07. The van der Waals surface area contributed by atoms with Crippen molar-refractivity contribution in [2.45, 2.75) is 46.0 Å². The van der Waals surface area contributed by atoms with Crippen molar-refractivity contribution in [3.63, 3.8) is 0 Å². The number of carbonyl (C=O) groups is 1. The molecule has 1 atom stereocenters. The van der Waals surface area contributed by atoms with E-state index >= 15 is 0 Å². The summed E-state index contributed by atoms with van der Waals surface area (Å²) in [5.41, 5.74) is 0. The van der Waals surface area contributed by atoms with Crippen LogP contribution in [0.4, 0.5) is 4.39 Å². The average Bonchev–Trinajstić information content (AvgIpc) is 2.27. The Morgan fingerprint density at radius 2 is 2.00 bits per heavy atom. The first kappa shape index (κ1) is 16.4. The Morgan fingerprint density at radius 3 is 2.59 bits per heavy atom. The zero-order chi connectivity index (χ0) is 13.1. The van der Waals surface area contributed by atoms with Crippen molar-refractivity contribution in [1.29, 1.82) is 0 Å². The number of ether oxygens (including phenoxy) is 1. The fourth-order valence-electron chi connectivity index (χ4n) is 1.25. The van der Waals surface area contributed by atoms with Crippen molar-refractivity contribution >= 4 is 17.1 Å². The maximum atomic E-state index is 13.2. The van der Waals surface area contributed by atoms with E-state index in [9.17, 15) is 13.7 Å². The van der Waals surface area contributed by atoms with E-state index in [4.69, 9.17) is 0 Å². The molecular formula is C12H21FO3S. The summed E-state index contributed by atoms with van der Waals surface area (Å²) in [6.07, 6.45) is 6.23. The van der Waals surface area contributed by atoms with Crippen molar-refractivity contribution in [2.24, 2.45) is 0 Å². The molecule has 0 aromatic carbocycles. The van der Waals surface area contributed by atoms with Gasteiger partial charge in [0.1, 0.15) is 12.4 Å². The van der Waals surface area contributed by atoms with Gasteiger partial charge in [0, 0.05) is 24.2 Å². The highest BCUT2D eigenvalue weighted by Gasteiger charge is 2.13. The van der Waals surface area contributed by atoms with Crippen LogP contribution in [0.1, 0.15) is 46.0 Å². The van der Waals surface area contributed by atoms with Gasteiger partial charge < -0.3 is 9.29 Å². The van der Waals surface area contributed by atoms with Crippen LogP contribution in [0.15, 0.2) is 11.2 Å². The molecule has 0 bridgehead atoms. The van der Waals surface area contributed by atoms with Crippen molar-refractivity contribution in [3.05, 3.63) is 11.2 Å². The second-order valence-electron chi connectivity index (χ2n) is 3.77. The Morgan fingerprint density at radius 1 is 1.35 bits per heavy atom. The van der Waals surface area contributed by atoms with E-state index in [-0.39, 0.29) is 6.61 Å². The highest BCUT2D eigenvalue weighted by molar-refractivity contribution is 7.95. The largest absolute Gasteiger partial charge is 0.610 e. The van der Waals surface area contributed by atoms with E-state index in [1.165, 1.54) is 6.92 Å². The molecule has 0 rings (SSSR count). The minimum absolute atomic E-state index is 0.150. The molecule has 0 spiro atoms. The first-order valence-electron chi connectivity index (χ1n) is 5.95. The maximum absolute atomic E-state index is 13.2. The average molecular weight is 264 g/mol. The van der Waals surface area contributed by atoms with Crippen LogP contribution >= 0.6 is 0 Å². The molecule has 0 radical (unpaired) electrons. The van der Waals surface area contributed by atoms with Crippen LogP contribution in [-0.4, -0.2) is 22.9 Å². The molecule has 3 nitrogen and oxygen atoms in total. The first-order chi connectivity index (χ1) is 8.07. The van der Waals surface area contributed by atoms with Gasteiger partial charge in [0.15, 0.2) is 0 Å². The van der Waals surface area contributed by atoms with Gasteiger partial charge in [-0.15, -0.1) is 0 Å². The summed E-state index contributed by atoms with van der Waals surface area (Å²) in [6, 6.07) is 0. The molecule has 0 saturated heterocycles. The fraction of sp³-hybridized carbons (Fsp3) is 0.750. The number of carbonyl (C=O) groups excluding carboxylic acids is 1. The Balaban J connectivity index is 3.65. The van der Waals surface area contributed by atoms with Gasteiger partial charge in [-0.2, -0.15) is 4.39 Å². The van der Waals surface area contributed by atoms with Crippen molar-refractivity contribution in [2.75, 3.05) is 12.4 Å². The summed E-state index contributed by atoms with van der Waals surface area (Å²) in [4.78, 5) is 10.4. The van der Waals surface area contributed by atoms with Gasteiger partial charge in [0.25, 0.3) is 5.16 Å². The minimum atomic E-state index is -1.58. The number of rotatable bonds is 9. The number of hydrogen-bond donors (Lipinski definition) is 0. The van der Waals surface area contributed by atoms with Gasteiger partial charge >= 0.3 is 5.97 Å². The lowest BCUT2D eigenvalue weighted by Crippen LogP contribution is -2.08. The molecule has 0 aromatic rings. The van der Waals surface area contributed by atoms with E-state index in [1.807, 2.05) is 0 Å². The van der Waals surface area contributed by atoms with Crippen LogP contribution in [0.2, 0.25) is 0 Å². The summed E-state index contributed by atoms with van der Waals surface area (Å²) in [5.74, 6) is -0.133. The van der Waals surface area contributed by atoms with E-state index in [1.54, 1.807) is 0 Å². The van der Waals surface area contributed by atoms with Crippen LogP contribution in [0, 0.1) is 0 Å². The Kier molecular flexibility index (Phi) is 10.3. The van der Waals surface area contributed by atoms with Gasteiger partial charge in [-0.25, -0.2) is 0 Å². The Bertz CT molecular complexity index is 244. The highest BCUT2D eigenvalue weighted by Crippen LogP contribution is 2.12. The zero-order valence-electron chi connectivity index (χ0n) is 10.5. The van der Waals surface area contributed by atoms with Crippen LogP contribution in [0.3, 0.4) is 0 Å². The van der Waals surface area contributed by atoms with Crippen LogP contribution in [-0.2, 0) is 20.7 Å². The molecule has 0 aromatic heterocycles. The number of unbranched alkanes of at least 4 members (excludes halogenated alkanes) is 4. The van der Waals surface area contributed by atoms with Crippen molar-refractivity contribution < 1.29 is 18.5 Å². The lowest BCUT2D eigenvalue weighted by atomic mass is 10.2. The Labute approximate surface area is 106 Å². The van der Waals surface area contributed by atoms with E-state index < -0.39 is 22.3 Å². The predicted molar refractivity (Wildman–Crippen MR) is 67.6 cm³/mol. The third-order valence-corrected chi connectivity index (χ3v) is 3.44. The van der Waals surface area contributed by atoms with E-state index in [0.717, 1.165) is 38.2 Å². The monoisotopic (exact) mass is 264 g/mol. The highest BCUT2D eigenvalue weighted by atomic mass is 32.2. The minimum Gasteiger partial charge on any atom is -0.610 e. The van der Waals surface area contributed by atoms with Gasteiger partial charge in [-0.1, -0.05) is 26.2 Å². The summed E-state index contributed by atoms with van der Waals surface area (Å²) in [7, 11) is 0. The van der Waals surface area contributed by atoms with E-state index in [2.05, 4.69) is 11.7 Å². The van der Waals surface area contributed by atoms with Gasteiger partial charge in [0.2, 0.25) is 0 Å². The topological polar surface area (TPSA) is 49.4 Å². The summed E-state index contributed by atoms with van der Waals surface area (Å²) in [6.45, 7) is 3.22. The second kappa shape index (κ2) is 10.6. The summed E-state index contributed by atoms with van der Waals surface area (Å²) in [5, 5.41) is -0.693. The molecule has 1 unspecified atom stereocenters. The molecule has 5 heteroatoms. The third-order valence-electron chi connectivity index (χ3n) is 2.18. The third kappa shape index (κ3) is 10.3. The normalized spacial score (nSPS) is 13.5. The van der Waals surface area contributed by atoms with Crippen LogP contribution < -0.4 is 0 Å². The number of halogens is 1. The lowest BCUT2D eigenvalue weighted by molar-refractivity contribution is -0.139. The molecule has 0 aliphatic heterocycles. The van der Waals surface area contributed by atoms with Gasteiger partial charge in [0.05, 0.1) is 0 Å². The van der Waals surface area contributed by atoms with Crippen molar-refractivity contribution in [3.8, 4) is 0 Å². The summed E-state index contributed by atoms with van der Waals surface area (Å²) >= 11 is -1.58. The predicted octanol–water partition coefficient (Wildman–Crippen LogP) is 3.08. The second-order valence-corrected chi connectivity index (χ2v) is 5.26. The number of esters is 1. The quantitative estimate of drug-likeness (QED) is 0.365. The van der Waals surface area contributed by atoms with Gasteiger partial charge in [-0.3, -0.25) is 4.79 Å². The molecule has 0 heterocycles. The molecule has 0 fully saturated rings. The van der Waals surface area contributed by atoms with E-state index in [0.29, 0.717) is 5.75 Å². The fourth-order valence-corrected chi connectivity index (χ4v) is 2.17. The molecule has 0 aliphatic carbocycles. The molecule has 0 aliphatic rings.